The highest BCUT2D eigenvalue weighted by molar-refractivity contribution is 5.67. The molecule has 0 spiro atoms. The van der Waals surface area contributed by atoms with Gasteiger partial charge >= 0.3 is 5.97 Å². The lowest BCUT2D eigenvalue weighted by Crippen LogP contribution is -2.36. The van der Waals surface area contributed by atoms with Gasteiger partial charge < -0.3 is 10.0 Å². The first-order valence-corrected chi connectivity index (χ1v) is 5.91. The van der Waals surface area contributed by atoms with Crippen molar-refractivity contribution in [2.75, 3.05) is 18.0 Å². The van der Waals surface area contributed by atoms with Crippen LogP contribution >= 0.6 is 0 Å². The van der Waals surface area contributed by atoms with E-state index in [1.165, 1.54) is 0 Å². The van der Waals surface area contributed by atoms with E-state index in [0.29, 0.717) is 0 Å². The van der Waals surface area contributed by atoms with Gasteiger partial charge in [-0.05, 0) is 31.7 Å². The Hall–Kier alpha value is -1.65. The van der Waals surface area contributed by atoms with Crippen LogP contribution in [0.2, 0.25) is 0 Å². The highest BCUT2D eigenvalue weighted by Gasteiger charge is 2.22. The number of carbonyl (C=O) groups is 1. The maximum absolute atomic E-state index is 10.7. The molecule has 5 heteroatoms. The smallest absolute Gasteiger partial charge is 0.303 e. The van der Waals surface area contributed by atoms with E-state index in [0.717, 1.165) is 37.6 Å². The number of carboxylic acids is 1. The number of carboxylic acid groups (broad SMARTS) is 1. The summed E-state index contributed by atoms with van der Waals surface area (Å²) in [4.78, 5) is 21.3. The maximum Gasteiger partial charge on any atom is 0.303 e. The molecule has 0 amide bonds. The van der Waals surface area contributed by atoms with E-state index < -0.39 is 5.97 Å². The van der Waals surface area contributed by atoms with Crippen molar-refractivity contribution >= 4 is 11.8 Å². The lowest BCUT2D eigenvalue weighted by molar-refractivity contribution is -0.138. The summed E-state index contributed by atoms with van der Waals surface area (Å²) in [7, 11) is 0. The number of aryl methyl sites for hydroxylation is 1. The van der Waals surface area contributed by atoms with Crippen molar-refractivity contribution in [3.05, 3.63) is 18.1 Å². The van der Waals surface area contributed by atoms with E-state index in [9.17, 15) is 4.79 Å². The van der Waals surface area contributed by atoms with Crippen LogP contribution in [0.5, 0.6) is 0 Å². The summed E-state index contributed by atoms with van der Waals surface area (Å²) in [5, 5.41) is 8.82. The van der Waals surface area contributed by atoms with Crippen molar-refractivity contribution in [1.29, 1.82) is 0 Å². The fourth-order valence-corrected chi connectivity index (χ4v) is 2.31. The molecule has 0 bridgehead atoms. The average Bonchev–Trinajstić information content (AvgIpc) is 2.28. The third-order valence-corrected chi connectivity index (χ3v) is 3.07. The summed E-state index contributed by atoms with van der Waals surface area (Å²) >= 11 is 0. The van der Waals surface area contributed by atoms with E-state index in [4.69, 9.17) is 5.11 Å². The Morgan fingerprint density at radius 2 is 2.47 bits per heavy atom. The molecule has 2 heterocycles. The molecule has 1 unspecified atom stereocenters. The monoisotopic (exact) mass is 235 g/mol. The molecular formula is C12H17N3O2. The molecule has 1 N–H and O–H groups in total. The number of hydrogen-bond acceptors (Lipinski definition) is 4. The lowest BCUT2D eigenvalue weighted by atomic mass is 9.95. The fourth-order valence-electron chi connectivity index (χ4n) is 2.31. The SMILES string of the molecule is Cc1nccc(N2CCCC(CC(=O)O)C2)n1. The van der Waals surface area contributed by atoms with E-state index in [-0.39, 0.29) is 12.3 Å². The zero-order valence-corrected chi connectivity index (χ0v) is 9.96. The molecular weight excluding hydrogens is 218 g/mol. The first-order chi connectivity index (χ1) is 8.15. The number of hydrogen-bond donors (Lipinski definition) is 1. The van der Waals surface area contributed by atoms with Gasteiger partial charge in [0.2, 0.25) is 0 Å². The molecule has 17 heavy (non-hydrogen) atoms. The average molecular weight is 235 g/mol. The van der Waals surface area contributed by atoms with Crippen molar-refractivity contribution in [2.45, 2.75) is 26.2 Å². The molecule has 0 radical (unpaired) electrons. The predicted octanol–water partition coefficient (Wildman–Crippen LogP) is 1.48. The fraction of sp³-hybridized carbons (Fsp3) is 0.583. The van der Waals surface area contributed by atoms with Crippen LogP contribution in [-0.2, 0) is 4.79 Å². The molecule has 0 saturated carbocycles. The third-order valence-electron chi connectivity index (χ3n) is 3.07. The van der Waals surface area contributed by atoms with E-state index in [1.54, 1.807) is 6.20 Å². The zero-order valence-electron chi connectivity index (χ0n) is 9.96. The molecule has 1 fully saturated rings. The Bertz CT molecular complexity index is 408. The molecule has 0 aromatic carbocycles. The van der Waals surface area contributed by atoms with Crippen molar-refractivity contribution in [3.63, 3.8) is 0 Å². The Morgan fingerprint density at radius 1 is 1.65 bits per heavy atom. The summed E-state index contributed by atoms with van der Waals surface area (Å²) in [6.45, 7) is 3.59. The summed E-state index contributed by atoms with van der Waals surface area (Å²) in [6.07, 6.45) is 4.02. The van der Waals surface area contributed by atoms with Crippen LogP contribution < -0.4 is 4.90 Å². The molecule has 0 aliphatic carbocycles. The first-order valence-electron chi connectivity index (χ1n) is 5.91. The van der Waals surface area contributed by atoms with Crippen molar-refractivity contribution < 1.29 is 9.90 Å². The number of anilines is 1. The molecule has 5 nitrogen and oxygen atoms in total. The van der Waals surface area contributed by atoms with Crippen LogP contribution in [0.1, 0.15) is 25.1 Å². The minimum atomic E-state index is -0.712. The standard InChI is InChI=1S/C12H17N3O2/c1-9-13-5-4-11(14-9)15-6-2-3-10(8-15)7-12(16)17/h4-5,10H,2-3,6-8H2,1H3,(H,16,17). The molecule has 2 rings (SSSR count). The highest BCUT2D eigenvalue weighted by Crippen LogP contribution is 2.23. The minimum absolute atomic E-state index is 0.233. The van der Waals surface area contributed by atoms with Gasteiger partial charge in [-0.2, -0.15) is 0 Å². The van der Waals surface area contributed by atoms with Gasteiger partial charge in [0.15, 0.2) is 0 Å². The van der Waals surface area contributed by atoms with Crippen molar-refractivity contribution in [2.24, 2.45) is 5.92 Å². The van der Waals surface area contributed by atoms with Crippen LogP contribution in [0.4, 0.5) is 5.82 Å². The summed E-state index contributed by atoms with van der Waals surface area (Å²) < 4.78 is 0. The topological polar surface area (TPSA) is 66.3 Å². The normalized spacial score (nSPS) is 20.3. The number of aliphatic carboxylic acids is 1. The van der Waals surface area contributed by atoms with Gasteiger partial charge in [0, 0.05) is 25.7 Å². The van der Waals surface area contributed by atoms with Crippen molar-refractivity contribution in [1.82, 2.24) is 9.97 Å². The van der Waals surface area contributed by atoms with Gasteiger partial charge in [-0.15, -0.1) is 0 Å². The quantitative estimate of drug-likeness (QED) is 0.859. The predicted molar refractivity (Wildman–Crippen MR) is 64.0 cm³/mol. The number of piperidine rings is 1. The molecule has 1 aromatic heterocycles. The van der Waals surface area contributed by atoms with Crippen molar-refractivity contribution in [3.8, 4) is 0 Å². The van der Waals surface area contributed by atoms with Crippen LogP contribution in [-0.4, -0.2) is 34.1 Å². The summed E-state index contributed by atoms with van der Waals surface area (Å²) in [5.41, 5.74) is 0. The molecule has 1 aliphatic rings. The van der Waals surface area contributed by atoms with Crippen LogP contribution in [0.3, 0.4) is 0 Å². The summed E-state index contributed by atoms with van der Waals surface area (Å²) in [5.74, 6) is 1.18. The van der Waals surface area contributed by atoms with Crippen LogP contribution in [0, 0.1) is 12.8 Å². The van der Waals surface area contributed by atoms with Gasteiger partial charge in [0.05, 0.1) is 0 Å². The molecule has 1 aromatic rings. The van der Waals surface area contributed by atoms with Crippen LogP contribution in [0.25, 0.3) is 0 Å². The van der Waals surface area contributed by atoms with Gasteiger partial charge in [-0.1, -0.05) is 0 Å². The van der Waals surface area contributed by atoms with E-state index in [2.05, 4.69) is 14.9 Å². The number of rotatable bonds is 3. The second-order valence-electron chi connectivity index (χ2n) is 4.51. The Balaban J connectivity index is 2.04. The lowest BCUT2D eigenvalue weighted by Gasteiger charge is -2.32. The van der Waals surface area contributed by atoms with Gasteiger partial charge in [0.1, 0.15) is 11.6 Å². The van der Waals surface area contributed by atoms with Gasteiger partial charge in [0.25, 0.3) is 0 Å². The Labute approximate surface area is 100 Å². The molecule has 92 valence electrons. The number of aromatic nitrogens is 2. The minimum Gasteiger partial charge on any atom is -0.481 e. The second kappa shape index (κ2) is 5.12. The highest BCUT2D eigenvalue weighted by atomic mass is 16.4. The Kier molecular flexibility index (Phi) is 3.56. The van der Waals surface area contributed by atoms with Gasteiger partial charge in [-0.3, -0.25) is 4.79 Å². The Morgan fingerprint density at radius 3 is 3.18 bits per heavy atom. The second-order valence-corrected chi connectivity index (χ2v) is 4.51. The largest absolute Gasteiger partial charge is 0.481 e. The van der Waals surface area contributed by atoms with Gasteiger partial charge in [-0.25, -0.2) is 9.97 Å². The van der Waals surface area contributed by atoms with E-state index >= 15 is 0 Å². The molecule has 1 aliphatic heterocycles. The number of nitrogens with zero attached hydrogens (tertiary/aromatic N) is 3. The molecule has 1 atom stereocenters. The first kappa shape index (κ1) is 11.8. The maximum atomic E-state index is 10.7. The summed E-state index contributed by atoms with van der Waals surface area (Å²) in [6, 6.07) is 1.89. The zero-order chi connectivity index (χ0) is 12.3. The molecule has 1 saturated heterocycles. The van der Waals surface area contributed by atoms with E-state index in [1.807, 2.05) is 13.0 Å². The third kappa shape index (κ3) is 3.15. The van der Waals surface area contributed by atoms with Crippen LogP contribution in [0.15, 0.2) is 12.3 Å².